The highest BCUT2D eigenvalue weighted by atomic mass is 32.1. The Labute approximate surface area is 112 Å². The van der Waals surface area contributed by atoms with Crippen molar-refractivity contribution in [1.29, 1.82) is 0 Å². The first-order chi connectivity index (χ1) is 8.84. The lowest BCUT2D eigenvalue weighted by molar-refractivity contribution is 0.605. The smallest absolute Gasteiger partial charge is 0.195 e. The first-order valence-electron chi connectivity index (χ1n) is 6.53. The van der Waals surface area contributed by atoms with Crippen molar-refractivity contribution in [2.45, 2.75) is 38.1 Å². The molecule has 18 heavy (non-hydrogen) atoms. The van der Waals surface area contributed by atoms with Crippen LogP contribution in [0.4, 0.5) is 0 Å². The van der Waals surface area contributed by atoms with E-state index in [0.29, 0.717) is 5.92 Å². The Morgan fingerprint density at radius 2 is 2.06 bits per heavy atom. The van der Waals surface area contributed by atoms with Crippen LogP contribution in [-0.2, 0) is 13.0 Å². The highest BCUT2D eigenvalue weighted by Crippen LogP contribution is 2.38. The fraction of sp³-hybridized carbons (Fsp3) is 0.429. The predicted octanol–water partition coefficient (Wildman–Crippen LogP) is 3.45. The van der Waals surface area contributed by atoms with Crippen LogP contribution in [-0.4, -0.2) is 14.8 Å². The van der Waals surface area contributed by atoms with E-state index < -0.39 is 0 Å². The summed E-state index contributed by atoms with van der Waals surface area (Å²) in [5.41, 5.74) is 1.39. The Hall–Kier alpha value is -1.42. The average molecular weight is 259 g/mol. The number of benzene rings is 1. The van der Waals surface area contributed by atoms with E-state index in [1.807, 2.05) is 0 Å². The van der Waals surface area contributed by atoms with E-state index in [2.05, 4.69) is 45.1 Å². The number of hydrogen-bond acceptors (Lipinski definition) is 2. The molecule has 0 atom stereocenters. The monoisotopic (exact) mass is 259 g/mol. The molecular formula is C14H17N3S. The molecule has 1 aliphatic carbocycles. The van der Waals surface area contributed by atoms with Gasteiger partial charge in [-0.1, -0.05) is 30.3 Å². The zero-order valence-electron chi connectivity index (χ0n) is 10.3. The molecular weight excluding hydrogens is 242 g/mol. The minimum atomic E-state index is 0.648. The maximum absolute atomic E-state index is 5.29. The number of hydrogen-bond donors (Lipinski definition) is 1. The normalized spacial score (nSPS) is 14.9. The van der Waals surface area contributed by atoms with Gasteiger partial charge in [0.25, 0.3) is 0 Å². The summed E-state index contributed by atoms with van der Waals surface area (Å²) in [6.07, 6.45) is 4.73. The summed E-state index contributed by atoms with van der Waals surface area (Å²) in [5, 5.41) is 7.27. The van der Waals surface area contributed by atoms with Crippen LogP contribution in [0.15, 0.2) is 30.3 Å². The second-order valence-electron chi connectivity index (χ2n) is 4.90. The van der Waals surface area contributed by atoms with E-state index >= 15 is 0 Å². The highest BCUT2D eigenvalue weighted by Gasteiger charge is 2.28. The lowest BCUT2D eigenvalue weighted by Crippen LogP contribution is -2.04. The van der Waals surface area contributed by atoms with Gasteiger partial charge in [0.1, 0.15) is 5.82 Å². The standard InChI is InChI=1S/C14H17N3S/c18-14-16-15-13(12-8-9-12)17(14)10-4-7-11-5-2-1-3-6-11/h1-3,5-6,12H,4,7-10H2,(H,16,18). The van der Waals surface area contributed by atoms with Gasteiger partial charge in [0.05, 0.1) is 0 Å². The molecule has 1 aromatic heterocycles. The van der Waals surface area contributed by atoms with E-state index in [4.69, 9.17) is 12.2 Å². The number of aromatic amines is 1. The Bertz CT molecular complexity index is 566. The lowest BCUT2D eigenvalue weighted by Gasteiger charge is -2.06. The van der Waals surface area contributed by atoms with Crippen LogP contribution >= 0.6 is 12.2 Å². The third-order valence-electron chi connectivity index (χ3n) is 3.42. The summed E-state index contributed by atoms with van der Waals surface area (Å²) >= 11 is 5.29. The molecule has 0 spiro atoms. The molecule has 0 bridgehead atoms. The van der Waals surface area contributed by atoms with Gasteiger partial charge in [-0.3, -0.25) is 5.10 Å². The summed E-state index contributed by atoms with van der Waals surface area (Å²) < 4.78 is 2.95. The van der Waals surface area contributed by atoms with Gasteiger partial charge in [-0.15, -0.1) is 0 Å². The molecule has 3 rings (SSSR count). The van der Waals surface area contributed by atoms with Gasteiger partial charge >= 0.3 is 0 Å². The molecule has 0 amide bonds. The van der Waals surface area contributed by atoms with E-state index in [0.717, 1.165) is 30.0 Å². The second-order valence-corrected chi connectivity index (χ2v) is 5.29. The summed E-state index contributed by atoms with van der Waals surface area (Å²) in [6.45, 7) is 0.968. The summed E-state index contributed by atoms with van der Waals surface area (Å²) in [6, 6.07) is 10.6. The average Bonchev–Trinajstić information content (AvgIpc) is 3.17. The van der Waals surface area contributed by atoms with Crippen molar-refractivity contribution in [2.75, 3.05) is 0 Å². The van der Waals surface area contributed by atoms with Gasteiger partial charge in [-0.2, -0.15) is 5.10 Å². The van der Waals surface area contributed by atoms with Crippen molar-refractivity contribution in [3.05, 3.63) is 46.5 Å². The van der Waals surface area contributed by atoms with Crippen LogP contribution in [0.25, 0.3) is 0 Å². The van der Waals surface area contributed by atoms with Crippen LogP contribution < -0.4 is 0 Å². The SMILES string of the molecule is S=c1[nH]nc(C2CC2)n1CCCc1ccccc1. The summed E-state index contributed by atoms with van der Waals surface area (Å²) in [5.74, 6) is 1.81. The Balaban J connectivity index is 1.63. The summed E-state index contributed by atoms with van der Waals surface area (Å²) in [4.78, 5) is 0. The Morgan fingerprint density at radius 1 is 1.28 bits per heavy atom. The molecule has 94 valence electrons. The van der Waals surface area contributed by atoms with Gasteiger partial charge in [0.15, 0.2) is 4.77 Å². The van der Waals surface area contributed by atoms with Gasteiger partial charge in [0, 0.05) is 12.5 Å². The van der Waals surface area contributed by atoms with Crippen molar-refractivity contribution in [1.82, 2.24) is 14.8 Å². The highest BCUT2D eigenvalue weighted by molar-refractivity contribution is 7.71. The first kappa shape index (κ1) is 11.7. The van der Waals surface area contributed by atoms with Crippen molar-refractivity contribution in [2.24, 2.45) is 0 Å². The van der Waals surface area contributed by atoms with E-state index in [1.165, 1.54) is 18.4 Å². The van der Waals surface area contributed by atoms with E-state index in [-0.39, 0.29) is 0 Å². The molecule has 2 aromatic rings. The van der Waals surface area contributed by atoms with Gasteiger partial charge < -0.3 is 4.57 Å². The molecule has 0 unspecified atom stereocenters. The zero-order valence-corrected chi connectivity index (χ0v) is 11.1. The predicted molar refractivity (Wildman–Crippen MR) is 74.1 cm³/mol. The number of H-pyrrole nitrogens is 1. The van der Waals surface area contributed by atoms with Gasteiger partial charge in [-0.05, 0) is 43.5 Å². The van der Waals surface area contributed by atoms with Crippen molar-refractivity contribution < 1.29 is 0 Å². The van der Waals surface area contributed by atoms with Crippen LogP contribution in [0.2, 0.25) is 0 Å². The van der Waals surface area contributed by atoms with Crippen molar-refractivity contribution in [3.8, 4) is 0 Å². The molecule has 1 fully saturated rings. The molecule has 0 radical (unpaired) electrons. The van der Waals surface area contributed by atoms with Crippen molar-refractivity contribution >= 4 is 12.2 Å². The van der Waals surface area contributed by atoms with Crippen LogP contribution in [0.3, 0.4) is 0 Å². The number of aryl methyl sites for hydroxylation is 1. The van der Waals surface area contributed by atoms with Crippen molar-refractivity contribution in [3.63, 3.8) is 0 Å². The quantitative estimate of drug-likeness (QED) is 0.834. The molecule has 0 aliphatic heterocycles. The molecule has 3 nitrogen and oxygen atoms in total. The van der Waals surface area contributed by atoms with Crippen LogP contribution in [0, 0.1) is 4.77 Å². The first-order valence-corrected chi connectivity index (χ1v) is 6.94. The largest absolute Gasteiger partial charge is 0.304 e. The minimum Gasteiger partial charge on any atom is -0.304 e. The van der Waals surface area contributed by atoms with Gasteiger partial charge in [0.2, 0.25) is 0 Å². The molecule has 1 N–H and O–H groups in total. The molecule has 1 heterocycles. The topological polar surface area (TPSA) is 33.6 Å². The van der Waals surface area contributed by atoms with E-state index in [9.17, 15) is 0 Å². The van der Waals surface area contributed by atoms with Crippen LogP contribution in [0.5, 0.6) is 0 Å². The van der Waals surface area contributed by atoms with Gasteiger partial charge in [-0.25, -0.2) is 0 Å². The maximum Gasteiger partial charge on any atom is 0.195 e. The van der Waals surface area contributed by atoms with Crippen LogP contribution in [0.1, 0.15) is 36.6 Å². The molecule has 4 heteroatoms. The molecule has 1 aliphatic rings. The zero-order chi connectivity index (χ0) is 12.4. The number of rotatable bonds is 5. The maximum atomic E-state index is 5.29. The molecule has 1 saturated carbocycles. The second kappa shape index (κ2) is 5.06. The third-order valence-corrected chi connectivity index (χ3v) is 3.73. The lowest BCUT2D eigenvalue weighted by atomic mass is 10.1. The Morgan fingerprint density at radius 3 is 2.78 bits per heavy atom. The minimum absolute atomic E-state index is 0.648. The number of nitrogens with zero attached hydrogens (tertiary/aromatic N) is 2. The Kier molecular flexibility index (Phi) is 3.28. The fourth-order valence-electron chi connectivity index (χ4n) is 2.29. The molecule has 1 aromatic carbocycles. The number of nitrogens with one attached hydrogen (secondary N) is 1. The summed E-state index contributed by atoms with van der Waals surface area (Å²) in [7, 11) is 0. The molecule has 0 saturated heterocycles. The number of aromatic nitrogens is 3. The third kappa shape index (κ3) is 2.53. The fourth-order valence-corrected chi connectivity index (χ4v) is 2.52. The van der Waals surface area contributed by atoms with E-state index in [1.54, 1.807) is 0 Å².